The molecule has 1 amide bonds. The van der Waals surface area contributed by atoms with E-state index in [0.717, 1.165) is 33.2 Å². The highest BCUT2D eigenvalue weighted by atomic mass is 16.5. The van der Waals surface area contributed by atoms with E-state index < -0.39 is 5.97 Å². The van der Waals surface area contributed by atoms with Gasteiger partial charge in [0.25, 0.3) is 5.91 Å². The maximum Gasteiger partial charge on any atom is 0.305 e. The maximum atomic E-state index is 12.9. The molecular weight excluding hydrogens is 486 g/mol. The third-order valence-electron chi connectivity index (χ3n) is 6.37. The van der Waals surface area contributed by atoms with Crippen LogP contribution < -0.4 is 16.4 Å². The molecule has 198 valence electrons. The van der Waals surface area contributed by atoms with E-state index in [-0.39, 0.29) is 18.9 Å². The smallest absolute Gasteiger partial charge is 0.305 e. The Morgan fingerprint density at radius 1 is 1.00 bits per heavy atom. The van der Waals surface area contributed by atoms with Gasteiger partial charge in [0.1, 0.15) is 11.3 Å². The van der Waals surface area contributed by atoms with E-state index in [2.05, 4.69) is 5.32 Å². The number of amides is 1. The molecule has 2 aromatic carbocycles. The first-order valence-electron chi connectivity index (χ1n) is 12.3. The highest BCUT2D eigenvalue weighted by Crippen LogP contribution is 2.42. The summed E-state index contributed by atoms with van der Waals surface area (Å²) in [6.07, 6.45) is -0.0447. The number of carboxylic acids is 1. The standard InChI is InChI=1S/C29H31N3O6/c1-17-23(30)8-6-21-26(22-7-9-24(31)18(2)28(22)38-27(17)21)19-4-3-5-20(16-19)29(35)32-11-13-37-15-14-36-12-10-25(33)34/h3-9,16,30H,10-15,31H2,1-2H3,(H,32,35)(H,33,34). The van der Waals surface area contributed by atoms with Crippen LogP contribution in [0.2, 0.25) is 0 Å². The van der Waals surface area contributed by atoms with E-state index in [4.69, 9.17) is 30.1 Å². The molecule has 1 aliphatic carbocycles. The number of carbonyl (C=O) groups is 2. The highest BCUT2D eigenvalue weighted by molar-refractivity contribution is 6.05. The van der Waals surface area contributed by atoms with Crippen LogP contribution in [0.5, 0.6) is 0 Å². The Balaban J connectivity index is 1.53. The van der Waals surface area contributed by atoms with Gasteiger partial charge in [-0.05, 0) is 55.8 Å². The van der Waals surface area contributed by atoms with Crippen molar-refractivity contribution in [2.45, 2.75) is 20.3 Å². The van der Waals surface area contributed by atoms with Gasteiger partial charge in [0.2, 0.25) is 0 Å². The SMILES string of the molecule is Cc1c2oc3c(C)c(N)ccc3c(-c3cccc(C(=O)NCCOCCOCCC(=O)O)c3)c-2ccc1=N. The summed E-state index contributed by atoms with van der Waals surface area (Å²) in [5.41, 5.74) is 12.1. The van der Waals surface area contributed by atoms with E-state index in [1.807, 2.05) is 50.2 Å². The van der Waals surface area contributed by atoms with Crippen molar-refractivity contribution in [1.29, 1.82) is 5.41 Å². The summed E-state index contributed by atoms with van der Waals surface area (Å²) in [7, 11) is 0. The molecule has 4 rings (SSSR count). The number of aliphatic carboxylic acids is 1. The molecule has 2 aromatic rings. The van der Waals surface area contributed by atoms with Gasteiger partial charge in [-0.25, -0.2) is 0 Å². The van der Waals surface area contributed by atoms with Gasteiger partial charge < -0.3 is 35.5 Å². The first-order chi connectivity index (χ1) is 18.3. The molecule has 0 unspecified atom stereocenters. The predicted molar refractivity (Wildman–Crippen MR) is 144 cm³/mol. The molecule has 0 saturated carbocycles. The minimum absolute atomic E-state index is 0.0447. The molecule has 9 heteroatoms. The number of carboxylic acid groups (broad SMARTS) is 1. The third-order valence-corrected chi connectivity index (χ3v) is 6.37. The van der Waals surface area contributed by atoms with Crippen molar-refractivity contribution in [3.8, 4) is 22.5 Å². The largest absolute Gasteiger partial charge is 0.481 e. The van der Waals surface area contributed by atoms with Crippen LogP contribution in [-0.4, -0.2) is 50.0 Å². The van der Waals surface area contributed by atoms with Crippen molar-refractivity contribution in [3.63, 3.8) is 0 Å². The molecule has 1 aliphatic heterocycles. The second-order valence-corrected chi connectivity index (χ2v) is 8.95. The summed E-state index contributed by atoms with van der Waals surface area (Å²) in [6.45, 7) is 5.14. The first-order valence-corrected chi connectivity index (χ1v) is 12.3. The Morgan fingerprint density at radius 3 is 2.53 bits per heavy atom. The summed E-state index contributed by atoms with van der Waals surface area (Å²) >= 11 is 0. The number of carbonyl (C=O) groups excluding carboxylic acids is 1. The molecule has 9 nitrogen and oxygen atoms in total. The number of nitrogen functional groups attached to an aromatic ring is 1. The lowest BCUT2D eigenvalue weighted by molar-refractivity contribution is -0.138. The molecule has 5 N–H and O–H groups in total. The number of hydrogen-bond donors (Lipinski definition) is 4. The van der Waals surface area contributed by atoms with Gasteiger partial charge in [-0.3, -0.25) is 9.59 Å². The van der Waals surface area contributed by atoms with E-state index >= 15 is 0 Å². The van der Waals surface area contributed by atoms with Crippen molar-refractivity contribution in [1.82, 2.24) is 5.32 Å². The molecule has 2 aliphatic rings. The minimum atomic E-state index is -0.904. The fourth-order valence-corrected chi connectivity index (χ4v) is 4.25. The summed E-state index contributed by atoms with van der Waals surface area (Å²) in [5.74, 6) is -0.515. The first kappa shape index (κ1) is 26.8. The fourth-order valence-electron chi connectivity index (χ4n) is 4.25. The van der Waals surface area contributed by atoms with Gasteiger partial charge in [-0.15, -0.1) is 0 Å². The van der Waals surface area contributed by atoms with Crippen LogP contribution in [0.3, 0.4) is 0 Å². The summed E-state index contributed by atoms with van der Waals surface area (Å²) in [4.78, 5) is 23.3. The van der Waals surface area contributed by atoms with E-state index in [1.54, 1.807) is 12.1 Å². The van der Waals surface area contributed by atoms with Gasteiger partial charge in [-0.2, -0.15) is 0 Å². The van der Waals surface area contributed by atoms with Gasteiger partial charge in [0.15, 0.2) is 0 Å². The van der Waals surface area contributed by atoms with Crippen molar-refractivity contribution in [3.05, 3.63) is 70.6 Å². The van der Waals surface area contributed by atoms with Crippen LogP contribution in [0.25, 0.3) is 33.4 Å². The fraction of sp³-hybridized carbons (Fsp3) is 0.276. The predicted octanol–water partition coefficient (Wildman–Crippen LogP) is 4.12. The highest BCUT2D eigenvalue weighted by Gasteiger charge is 2.21. The van der Waals surface area contributed by atoms with Crippen LogP contribution in [0.15, 0.2) is 52.9 Å². The van der Waals surface area contributed by atoms with Crippen LogP contribution in [0.4, 0.5) is 5.69 Å². The number of anilines is 1. The second kappa shape index (κ2) is 11.9. The Hall–Kier alpha value is -4.21. The normalized spacial score (nSPS) is 11.2. The zero-order valence-corrected chi connectivity index (χ0v) is 21.4. The Bertz CT molecular complexity index is 1510. The van der Waals surface area contributed by atoms with Crippen LogP contribution in [0.1, 0.15) is 27.9 Å². The number of rotatable bonds is 11. The van der Waals surface area contributed by atoms with Crippen LogP contribution in [-0.2, 0) is 14.3 Å². The second-order valence-electron chi connectivity index (χ2n) is 8.95. The molecule has 0 spiro atoms. The summed E-state index contributed by atoms with van der Waals surface area (Å²) in [6, 6.07) is 14.8. The number of nitrogens with one attached hydrogen (secondary N) is 2. The van der Waals surface area contributed by atoms with Crippen LogP contribution >= 0.6 is 0 Å². The van der Waals surface area contributed by atoms with E-state index in [0.29, 0.717) is 54.3 Å². The maximum absolute atomic E-state index is 12.9. The Morgan fingerprint density at radius 2 is 1.76 bits per heavy atom. The molecule has 1 heterocycles. The molecule has 0 saturated heterocycles. The molecule has 0 radical (unpaired) electrons. The number of nitrogens with two attached hydrogens (primary N) is 1. The molecular formula is C29H31N3O6. The third kappa shape index (κ3) is 5.85. The minimum Gasteiger partial charge on any atom is -0.481 e. The number of aryl methyl sites for hydroxylation is 1. The van der Waals surface area contributed by atoms with E-state index in [9.17, 15) is 9.59 Å². The molecule has 0 fully saturated rings. The quantitative estimate of drug-likeness (QED) is 0.133. The number of ether oxygens (including phenoxy) is 2. The monoisotopic (exact) mass is 517 g/mol. The van der Waals surface area contributed by atoms with Gasteiger partial charge in [0.05, 0.1) is 38.2 Å². The number of benzene rings is 3. The van der Waals surface area contributed by atoms with E-state index in [1.165, 1.54) is 0 Å². The molecule has 0 atom stereocenters. The molecule has 38 heavy (non-hydrogen) atoms. The number of hydrogen-bond acceptors (Lipinski definition) is 7. The van der Waals surface area contributed by atoms with Gasteiger partial charge in [-0.1, -0.05) is 12.1 Å². The molecule has 0 bridgehead atoms. The Kier molecular flexibility index (Phi) is 8.40. The Labute approximate surface area is 220 Å². The zero-order chi connectivity index (χ0) is 27.2. The lowest BCUT2D eigenvalue weighted by Gasteiger charge is -2.19. The number of fused-ring (bicyclic) bond motifs is 2. The summed E-state index contributed by atoms with van der Waals surface area (Å²) in [5, 5.41) is 20.9. The topological polar surface area (TPSA) is 148 Å². The van der Waals surface area contributed by atoms with Crippen molar-refractivity contribution in [2.75, 3.05) is 38.7 Å². The van der Waals surface area contributed by atoms with Gasteiger partial charge in [0, 0.05) is 45.4 Å². The molecule has 0 aromatic heterocycles. The average Bonchev–Trinajstić information content (AvgIpc) is 2.91. The van der Waals surface area contributed by atoms with Crippen molar-refractivity contribution < 1.29 is 28.6 Å². The van der Waals surface area contributed by atoms with Crippen molar-refractivity contribution in [2.24, 2.45) is 0 Å². The average molecular weight is 518 g/mol. The van der Waals surface area contributed by atoms with Crippen molar-refractivity contribution >= 4 is 28.5 Å². The lowest BCUT2D eigenvalue weighted by Crippen LogP contribution is -2.27. The summed E-state index contributed by atoms with van der Waals surface area (Å²) < 4.78 is 16.9. The zero-order valence-electron chi connectivity index (χ0n) is 21.4. The lowest BCUT2D eigenvalue weighted by atomic mass is 9.90. The van der Waals surface area contributed by atoms with Gasteiger partial charge >= 0.3 is 5.97 Å². The van der Waals surface area contributed by atoms with Crippen LogP contribution in [0, 0.1) is 19.3 Å².